The Labute approximate surface area is 120 Å². The van der Waals surface area contributed by atoms with Crippen LogP contribution in [0.5, 0.6) is 0 Å². The number of rotatable bonds is 3. The highest BCUT2D eigenvalue weighted by atomic mass is 79.9. The molecule has 2 rings (SSSR count). The topological polar surface area (TPSA) is 54.9 Å². The lowest BCUT2D eigenvalue weighted by molar-refractivity contribution is 0.0949. The second-order valence-corrected chi connectivity index (χ2v) is 5.21. The number of amides is 1. The fourth-order valence-electron chi connectivity index (χ4n) is 1.66. The zero-order valence-corrected chi connectivity index (χ0v) is 12.4. The third kappa shape index (κ3) is 3.61. The van der Waals surface area contributed by atoms with Gasteiger partial charge in [-0.1, -0.05) is 28.1 Å². The van der Waals surface area contributed by atoms with Gasteiger partial charge < -0.3 is 5.32 Å². The molecule has 5 heteroatoms. The van der Waals surface area contributed by atoms with E-state index in [2.05, 4.69) is 31.4 Å². The van der Waals surface area contributed by atoms with Gasteiger partial charge in [0.15, 0.2) is 0 Å². The molecule has 1 heterocycles. The summed E-state index contributed by atoms with van der Waals surface area (Å²) in [6.07, 6.45) is 0. The van der Waals surface area contributed by atoms with E-state index in [9.17, 15) is 4.79 Å². The first-order valence-electron chi connectivity index (χ1n) is 5.90. The predicted octanol–water partition coefficient (Wildman–Crippen LogP) is 2.79. The molecule has 0 fully saturated rings. The van der Waals surface area contributed by atoms with Gasteiger partial charge in [-0.2, -0.15) is 10.2 Å². The molecule has 0 aliphatic rings. The first-order valence-corrected chi connectivity index (χ1v) is 6.69. The minimum atomic E-state index is -0.126. The van der Waals surface area contributed by atoms with Crippen LogP contribution in [0.1, 0.15) is 27.3 Å². The Kier molecular flexibility index (Phi) is 4.27. The maximum atomic E-state index is 12.1. The molecule has 0 saturated heterocycles. The molecule has 0 aliphatic carbocycles. The number of benzene rings is 1. The number of nitrogens with zero attached hydrogens (tertiary/aromatic N) is 2. The zero-order chi connectivity index (χ0) is 13.8. The molecule has 0 radical (unpaired) electrons. The SMILES string of the molecule is Cc1cc(C(=O)NCc2ccc(Br)cc2)c(C)nn1. The van der Waals surface area contributed by atoms with Crippen LogP contribution in [0.4, 0.5) is 0 Å². The summed E-state index contributed by atoms with van der Waals surface area (Å²) in [6, 6.07) is 9.58. The van der Waals surface area contributed by atoms with Crippen molar-refractivity contribution < 1.29 is 4.79 Å². The molecule has 19 heavy (non-hydrogen) atoms. The van der Waals surface area contributed by atoms with Crippen LogP contribution in [0.3, 0.4) is 0 Å². The molecule has 0 atom stereocenters. The van der Waals surface area contributed by atoms with Crippen molar-refractivity contribution in [2.75, 3.05) is 0 Å². The van der Waals surface area contributed by atoms with Crippen LogP contribution in [-0.2, 0) is 6.54 Å². The molecule has 0 spiro atoms. The summed E-state index contributed by atoms with van der Waals surface area (Å²) in [5.41, 5.74) is 3.00. The van der Waals surface area contributed by atoms with E-state index in [0.717, 1.165) is 15.7 Å². The number of halogens is 1. The number of nitrogens with one attached hydrogen (secondary N) is 1. The van der Waals surface area contributed by atoms with Gasteiger partial charge in [0.05, 0.1) is 17.0 Å². The van der Waals surface area contributed by atoms with Crippen LogP contribution in [0.2, 0.25) is 0 Å². The minimum Gasteiger partial charge on any atom is -0.348 e. The van der Waals surface area contributed by atoms with Gasteiger partial charge >= 0.3 is 0 Å². The van der Waals surface area contributed by atoms with Crippen molar-refractivity contribution >= 4 is 21.8 Å². The van der Waals surface area contributed by atoms with Crippen molar-refractivity contribution in [1.82, 2.24) is 15.5 Å². The maximum absolute atomic E-state index is 12.1. The van der Waals surface area contributed by atoms with E-state index < -0.39 is 0 Å². The van der Waals surface area contributed by atoms with Crippen LogP contribution < -0.4 is 5.32 Å². The molecule has 0 bridgehead atoms. The molecule has 1 aromatic carbocycles. The van der Waals surface area contributed by atoms with E-state index in [1.54, 1.807) is 13.0 Å². The molecule has 4 nitrogen and oxygen atoms in total. The second-order valence-electron chi connectivity index (χ2n) is 4.29. The van der Waals surface area contributed by atoms with Gasteiger partial charge in [-0.25, -0.2) is 0 Å². The standard InChI is InChI=1S/C14H14BrN3O/c1-9-7-13(10(2)18-17-9)14(19)16-8-11-3-5-12(15)6-4-11/h3-7H,8H2,1-2H3,(H,16,19). The van der Waals surface area contributed by atoms with Crippen LogP contribution in [0, 0.1) is 13.8 Å². The molecular formula is C14H14BrN3O. The highest BCUT2D eigenvalue weighted by Crippen LogP contribution is 2.11. The quantitative estimate of drug-likeness (QED) is 0.946. The van der Waals surface area contributed by atoms with E-state index in [1.807, 2.05) is 31.2 Å². The summed E-state index contributed by atoms with van der Waals surface area (Å²) >= 11 is 3.38. The minimum absolute atomic E-state index is 0.126. The van der Waals surface area contributed by atoms with Gasteiger partial charge in [0.2, 0.25) is 0 Å². The third-order valence-corrected chi connectivity index (χ3v) is 3.24. The van der Waals surface area contributed by atoms with Gasteiger partial charge in [0.25, 0.3) is 5.91 Å². The predicted molar refractivity (Wildman–Crippen MR) is 76.8 cm³/mol. The summed E-state index contributed by atoms with van der Waals surface area (Å²) in [4.78, 5) is 12.1. The summed E-state index contributed by atoms with van der Waals surface area (Å²) in [5, 5.41) is 10.7. The van der Waals surface area contributed by atoms with Gasteiger partial charge in [0, 0.05) is 11.0 Å². The molecule has 0 saturated carbocycles. The van der Waals surface area contributed by atoms with Crippen molar-refractivity contribution in [3.05, 3.63) is 57.3 Å². The largest absolute Gasteiger partial charge is 0.348 e. The van der Waals surface area contributed by atoms with E-state index in [-0.39, 0.29) is 5.91 Å². The Hall–Kier alpha value is -1.75. The monoisotopic (exact) mass is 319 g/mol. The number of carbonyl (C=O) groups excluding carboxylic acids is 1. The molecule has 0 aliphatic heterocycles. The Balaban J connectivity index is 2.05. The number of hydrogen-bond acceptors (Lipinski definition) is 3. The third-order valence-electron chi connectivity index (χ3n) is 2.71. The van der Waals surface area contributed by atoms with Crippen molar-refractivity contribution in [2.45, 2.75) is 20.4 Å². The van der Waals surface area contributed by atoms with Crippen molar-refractivity contribution in [1.29, 1.82) is 0 Å². The maximum Gasteiger partial charge on any atom is 0.253 e. The van der Waals surface area contributed by atoms with Crippen molar-refractivity contribution in [2.24, 2.45) is 0 Å². The summed E-state index contributed by atoms with van der Waals surface area (Å²) in [6.45, 7) is 4.09. The molecule has 98 valence electrons. The van der Waals surface area contributed by atoms with Crippen molar-refractivity contribution in [3.63, 3.8) is 0 Å². The molecular weight excluding hydrogens is 306 g/mol. The first kappa shape index (κ1) is 13.7. The van der Waals surface area contributed by atoms with E-state index in [1.165, 1.54) is 0 Å². The lowest BCUT2D eigenvalue weighted by Gasteiger charge is -2.07. The first-order chi connectivity index (χ1) is 9.06. The van der Waals surface area contributed by atoms with Crippen molar-refractivity contribution in [3.8, 4) is 0 Å². The number of aryl methyl sites for hydroxylation is 2. The average molecular weight is 320 g/mol. The Morgan fingerprint density at radius 2 is 1.89 bits per heavy atom. The summed E-state index contributed by atoms with van der Waals surface area (Å²) in [7, 11) is 0. The van der Waals surface area contributed by atoms with Gasteiger partial charge in [-0.3, -0.25) is 4.79 Å². The number of hydrogen-bond donors (Lipinski definition) is 1. The fourth-order valence-corrected chi connectivity index (χ4v) is 1.92. The zero-order valence-electron chi connectivity index (χ0n) is 10.8. The Morgan fingerprint density at radius 1 is 1.21 bits per heavy atom. The van der Waals surface area contributed by atoms with Gasteiger partial charge in [-0.15, -0.1) is 0 Å². The van der Waals surface area contributed by atoms with Gasteiger partial charge in [0.1, 0.15) is 0 Å². The number of carbonyl (C=O) groups is 1. The fraction of sp³-hybridized carbons (Fsp3) is 0.214. The van der Waals surface area contributed by atoms with E-state index >= 15 is 0 Å². The Bertz CT molecular complexity index is 596. The number of aromatic nitrogens is 2. The van der Waals surface area contributed by atoms with E-state index in [0.29, 0.717) is 17.8 Å². The summed E-state index contributed by atoms with van der Waals surface area (Å²) < 4.78 is 1.02. The average Bonchev–Trinajstić information content (AvgIpc) is 2.40. The molecule has 2 aromatic rings. The second kappa shape index (κ2) is 5.93. The smallest absolute Gasteiger partial charge is 0.253 e. The summed E-state index contributed by atoms with van der Waals surface area (Å²) in [5.74, 6) is -0.126. The normalized spacial score (nSPS) is 10.3. The van der Waals surface area contributed by atoms with E-state index in [4.69, 9.17) is 0 Å². The van der Waals surface area contributed by atoms with Crippen LogP contribution in [0.25, 0.3) is 0 Å². The van der Waals surface area contributed by atoms with Gasteiger partial charge in [-0.05, 0) is 37.6 Å². The lowest BCUT2D eigenvalue weighted by atomic mass is 10.1. The molecule has 1 amide bonds. The van der Waals surface area contributed by atoms with Crippen LogP contribution in [0.15, 0.2) is 34.8 Å². The van der Waals surface area contributed by atoms with Crippen LogP contribution in [-0.4, -0.2) is 16.1 Å². The van der Waals surface area contributed by atoms with Crippen LogP contribution >= 0.6 is 15.9 Å². The highest BCUT2D eigenvalue weighted by Gasteiger charge is 2.10. The molecule has 1 N–H and O–H groups in total. The Morgan fingerprint density at radius 3 is 2.58 bits per heavy atom. The highest BCUT2D eigenvalue weighted by molar-refractivity contribution is 9.10. The molecule has 1 aromatic heterocycles. The lowest BCUT2D eigenvalue weighted by Crippen LogP contribution is -2.24. The molecule has 0 unspecified atom stereocenters.